The highest BCUT2D eigenvalue weighted by Gasteiger charge is 2.40. The maximum atomic E-state index is 13.5. The first-order valence-corrected chi connectivity index (χ1v) is 21.2. The Balaban J connectivity index is 1.30. The van der Waals surface area contributed by atoms with E-state index < -0.39 is 11.0 Å². The van der Waals surface area contributed by atoms with Gasteiger partial charge in [0.1, 0.15) is 16.7 Å². The van der Waals surface area contributed by atoms with Crippen LogP contribution in [0.5, 0.6) is 5.75 Å². The number of fused-ring (bicyclic) bond motifs is 2. The Morgan fingerprint density at radius 1 is 1.02 bits per heavy atom. The van der Waals surface area contributed by atoms with Gasteiger partial charge >= 0.3 is 0 Å². The summed E-state index contributed by atoms with van der Waals surface area (Å²) in [6, 6.07) is 12.0. The SMILES string of the molecule is CCCc1cc(Cl)ccc1C1COc2ccc3cc2N(C1)CC1CCC1C(CN1CCC(=O)N(CCOC)CC1)CCCC(C)C(C)S(=O)NC3=O. The molecule has 2 aromatic carbocycles. The van der Waals surface area contributed by atoms with Crippen LogP contribution >= 0.6 is 11.6 Å². The molecule has 7 unspecified atom stereocenters. The number of anilines is 1. The number of carbonyl (C=O) groups excluding carboxylic acids is 2. The van der Waals surface area contributed by atoms with Crippen LogP contribution < -0.4 is 14.4 Å². The van der Waals surface area contributed by atoms with E-state index in [1.165, 1.54) is 24.0 Å². The van der Waals surface area contributed by atoms with Crippen molar-refractivity contribution in [3.63, 3.8) is 0 Å². The van der Waals surface area contributed by atoms with Crippen LogP contribution in [0.1, 0.15) is 93.1 Å². The summed E-state index contributed by atoms with van der Waals surface area (Å²) >= 11 is 6.49. The summed E-state index contributed by atoms with van der Waals surface area (Å²) in [5, 5.41) is 0.589. The Kier molecular flexibility index (Phi) is 13.6. The molecule has 2 fully saturated rings. The first kappa shape index (κ1) is 39.0. The summed E-state index contributed by atoms with van der Waals surface area (Å²) in [5.74, 6) is 2.63. The van der Waals surface area contributed by atoms with E-state index in [2.05, 4.69) is 40.5 Å². The van der Waals surface area contributed by atoms with Crippen molar-refractivity contribution in [2.75, 3.05) is 71.0 Å². The molecule has 6 rings (SSSR count). The Morgan fingerprint density at radius 3 is 2.63 bits per heavy atom. The molecule has 3 heterocycles. The van der Waals surface area contributed by atoms with Gasteiger partial charge in [0, 0.05) is 75.8 Å². The summed E-state index contributed by atoms with van der Waals surface area (Å²) in [6.07, 6.45) is 8.04. The van der Waals surface area contributed by atoms with E-state index in [1.54, 1.807) is 13.2 Å². The van der Waals surface area contributed by atoms with Crippen molar-refractivity contribution in [3.05, 3.63) is 58.1 Å². The molecule has 4 aliphatic rings. The van der Waals surface area contributed by atoms with Gasteiger partial charge in [0.2, 0.25) is 5.91 Å². The number of nitrogens with zero attached hydrogens (tertiary/aromatic N) is 3. The summed E-state index contributed by atoms with van der Waals surface area (Å²) in [5.41, 5.74) is 3.99. The normalized spacial score (nSPS) is 29.3. The van der Waals surface area contributed by atoms with Crippen molar-refractivity contribution in [2.45, 2.75) is 83.3 Å². The molecule has 9 nitrogen and oxygen atoms in total. The maximum Gasteiger partial charge on any atom is 0.263 e. The zero-order chi connectivity index (χ0) is 36.8. The number of carbonyl (C=O) groups is 2. The van der Waals surface area contributed by atoms with Gasteiger partial charge in [0.25, 0.3) is 5.91 Å². The van der Waals surface area contributed by atoms with Crippen molar-refractivity contribution >= 4 is 40.1 Å². The molecule has 1 aliphatic carbocycles. The van der Waals surface area contributed by atoms with E-state index in [-0.39, 0.29) is 28.9 Å². The van der Waals surface area contributed by atoms with Crippen LogP contribution in [0.25, 0.3) is 0 Å². The van der Waals surface area contributed by atoms with E-state index in [4.69, 9.17) is 21.1 Å². The van der Waals surface area contributed by atoms with Crippen LogP contribution in [-0.2, 0) is 26.9 Å². The van der Waals surface area contributed by atoms with E-state index in [1.807, 2.05) is 30.0 Å². The quantitative estimate of drug-likeness (QED) is 0.321. The van der Waals surface area contributed by atoms with Crippen molar-refractivity contribution < 1.29 is 23.3 Å². The molecule has 1 N–H and O–H groups in total. The summed E-state index contributed by atoms with van der Waals surface area (Å²) in [7, 11) is 0.181. The predicted octanol–water partition coefficient (Wildman–Crippen LogP) is 6.70. The lowest BCUT2D eigenvalue weighted by Crippen LogP contribution is -2.46. The van der Waals surface area contributed by atoms with Crippen molar-refractivity contribution in [3.8, 4) is 5.75 Å². The molecular formula is C41H59ClN4O5S. The third-order valence-corrected chi connectivity index (χ3v) is 14.1. The summed E-state index contributed by atoms with van der Waals surface area (Å²) < 4.78 is 28.1. The number of nitrogens with one attached hydrogen (secondary N) is 1. The summed E-state index contributed by atoms with van der Waals surface area (Å²) in [4.78, 5) is 33.5. The number of methoxy groups -OCH3 is 1. The Hall–Kier alpha value is -2.66. The molecule has 7 atom stereocenters. The van der Waals surface area contributed by atoms with Gasteiger partial charge in [0.05, 0.1) is 24.2 Å². The molecule has 286 valence electrons. The van der Waals surface area contributed by atoms with Gasteiger partial charge in [-0.1, -0.05) is 44.4 Å². The lowest BCUT2D eigenvalue weighted by Gasteiger charge is -2.46. The van der Waals surface area contributed by atoms with Crippen LogP contribution in [0.4, 0.5) is 5.69 Å². The first-order valence-electron chi connectivity index (χ1n) is 19.7. The molecule has 2 aromatic rings. The molecule has 52 heavy (non-hydrogen) atoms. The fourth-order valence-electron chi connectivity index (χ4n) is 8.87. The standard InChI is InChI=1S/C41H59ClN4O5S/c1-5-7-30-22-35(42)12-14-36(30)34-26-46-25-33-10-13-37(33)32(24-44-17-16-40(47)45(19-18-44)20-21-50-4)9-6-8-28(2)29(3)52(49)43-41(48)31-11-15-39(51-27-34)38(46)23-31/h11-12,14-15,22-23,28-29,32-34,37H,5-10,13,16-21,24-27H2,1-4H3,(H,43,48). The minimum absolute atomic E-state index is 0.133. The third-order valence-electron chi connectivity index (χ3n) is 12.3. The summed E-state index contributed by atoms with van der Waals surface area (Å²) in [6.45, 7) is 13.2. The Bertz CT molecular complexity index is 1580. The molecule has 11 heteroatoms. The molecule has 1 saturated heterocycles. The van der Waals surface area contributed by atoms with Crippen molar-refractivity contribution in [1.29, 1.82) is 0 Å². The number of aryl methyl sites for hydroxylation is 1. The fraction of sp³-hybridized carbons (Fsp3) is 0.659. The number of ether oxygens (including phenoxy) is 2. The zero-order valence-electron chi connectivity index (χ0n) is 31.6. The molecular weight excluding hydrogens is 696 g/mol. The zero-order valence-corrected chi connectivity index (χ0v) is 33.2. The van der Waals surface area contributed by atoms with E-state index >= 15 is 0 Å². The Labute approximate surface area is 318 Å². The second-order valence-corrected chi connectivity index (χ2v) is 17.7. The molecule has 0 aromatic heterocycles. The molecule has 2 bridgehead atoms. The maximum absolute atomic E-state index is 13.5. The van der Waals surface area contributed by atoms with Gasteiger partial charge in [-0.15, -0.1) is 0 Å². The second-order valence-electron chi connectivity index (χ2n) is 15.7. The predicted molar refractivity (Wildman–Crippen MR) is 210 cm³/mol. The third kappa shape index (κ3) is 9.34. The van der Waals surface area contributed by atoms with Crippen molar-refractivity contribution in [1.82, 2.24) is 14.5 Å². The molecule has 1 saturated carbocycles. The van der Waals surface area contributed by atoms with E-state index in [0.29, 0.717) is 49.5 Å². The van der Waals surface area contributed by atoms with Crippen molar-refractivity contribution in [2.24, 2.45) is 23.7 Å². The van der Waals surface area contributed by atoms with E-state index in [9.17, 15) is 13.8 Å². The topological polar surface area (TPSA) is 91.4 Å². The first-order chi connectivity index (χ1) is 25.1. The largest absolute Gasteiger partial charge is 0.491 e. The molecule has 0 radical (unpaired) electrons. The lowest BCUT2D eigenvalue weighted by molar-refractivity contribution is -0.131. The number of amides is 2. The van der Waals surface area contributed by atoms with Crippen LogP contribution in [0, 0.1) is 23.7 Å². The fourth-order valence-corrected chi connectivity index (χ4v) is 10.1. The van der Waals surface area contributed by atoms with Crippen LogP contribution in [0.2, 0.25) is 5.02 Å². The minimum atomic E-state index is -1.51. The number of hydrogen-bond acceptors (Lipinski definition) is 7. The van der Waals surface area contributed by atoms with Crippen LogP contribution in [0.3, 0.4) is 0 Å². The molecule has 2 amide bonds. The smallest absolute Gasteiger partial charge is 0.263 e. The van der Waals surface area contributed by atoms with Crippen LogP contribution in [-0.4, -0.2) is 97.2 Å². The number of rotatable bonds is 8. The van der Waals surface area contributed by atoms with Crippen LogP contribution in [0.15, 0.2) is 36.4 Å². The van der Waals surface area contributed by atoms with Gasteiger partial charge in [-0.2, -0.15) is 0 Å². The number of benzene rings is 2. The molecule has 0 spiro atoms. The van der Waals surface area contributed by atoms with Gasteiger partial charge in [-0.3, -0.25) is 14.3 Å². The van der Waals surface area contributed by atoms with Gasteiger partial charge in [0.15, 0.2) is 0 Å². The van der Waals surface area contributed by atoms with Gasteiger partial charge in [-0.25, -0.2) is 4.21 Å². The lowest BCUT2D eigenvalue weighted by atomic mass is 9.65. The van der Waals surface area contributed by atoms with Gasteiger partial charge < -0.3 is 24.2 Å². The second kappa shape index (κ2) is 18.1. The highest BCUT2D eigenvalue weighted by atomic mass is 35.5. The van der Waals surface area contributed by atoms with Gasteiger partial charge in [-0.05, 0) is 104 Å². The minimum Gasteiger partial charge on any atom is -0.491 e. The highest BCUT2D eigenvalue weighted by Crippen LogP contribution is 2.45. The average Bonchev–Trinajstić information content (AvgIpc) is 3.41. The number of halogens is 1. The Morgan fingerprint density at radius 2 is 1.87 bits per heavy atom. The monoisotopic (exact) mass is 754 g/mol. The number of hydrogen-bond donors (Lipinski definition) is 1. The molecule has 3 aliphatic heterocycles. The highest BCUT2D eigenvalue weighted by molar-refractivity contribution is 7.84. The van der Waals surface area contributed by atoms with E-state index in [0.717, 1.165) is 87.8 Å². The average molecular weight is 755 g/mol.